The Labute approximate surface area is 147 Å². The summed E-state index contributed by atoms with van der Waals surface area (Å²) in [7, 11) is 0. The first-order chi connectivity index (χ1) is 12.0. The number of hydrogen-bond donors (Lipinski definition) is 1. The number of carbonyl (C=O) groups excluding carboxylic acids is 2. The van der Waals surface area contributed by atoms with E-state index in [0.717, 1.165) is 5.56 Å². The van der Waals surface area contributed by atoms with Gasteiger partial charge in [-0.1, -0.05) is 48.5 Å². The first-order valence-electron chi connectivity index (χ1n) is 8.23. The molecule has 1 heterocycles. The minimum atomic E-state index is -0.327. The molecule has 2 rings (SSSR count). The summed E-state index contributed by atoms with van der Waals surface area (Å²) in [5.41, 5.74) is 0.941. The molecule has 0 radical (unpaired) electrons. The molecule has 1 aromatic carbocycles. The van der Waals surface area contributed by atoms with Crippen molar-refractivity contribution >= 4 is 17.6 Å². The molecule has 0 aliphatic rings. The Balaban J connectivity index is 2.08. The summed E-state index contributed by atoms with van der Waals surface area (Å²) in [5.74, 6) is 0.225. The molecule has 0 fully saturated rings. The van der Waals surface area contributed by atoms with Crippen LogP contribution in [0.5, 0.6) is 0 Å². The molecular formula is C19H23N3O3. The summed E-state index contributed by atoms with van der Waals surface area (Å²) in [6.45, 7) is 7.61. The van der Waals surface area contributed by atoms with Gasteiger partial charge in [-0.3, -0.25) is 9.59 Å². The number of nitrogens with zero attached hydrogens (tertiary/aromatic N) is 2. The van der Waals surface area contributed by atoms with Gasteiger partial charge in [-0.2, -0.15) is 0 Å². The molecule has 2 aromatic rings. The van der Waals surface area contributed by atoms with E-state index in [-0.39, 0.29) is 24.3 Å². The van der Waals surface area contributed by atoms with Gasteiger partial charge in [-0.15, -0.1) is 6.58 Å². The molecule has 1 aromatic heterocycles. The molecule has 0 aliphatic carbocycles. The molecule has 6 nitrogen and oxygen atoms in total. The third-order valence-corrected chi connectivity index (χ3v) is 3.80. The summed E-state index contributed by atoms with van der Waals surface area (Å²) < 4.78 is 4.92. The average molecular weight is 341 g/mol. The first-order valence-corrected chi connectivity index (χ1v) is 8.23. The van der Waals surface area contributed by atoms with Gasteiger partial charge in [-0.25, -0.2) is 0 Å². The zero-order valence-electron chi connectivity index (χ0n) is 14.6. The van der Waals surface area contributed by atoms with E-state index in [4.69, 9.17) is 4.52 Å². The molecule has 0 saturated heterocycles. The molecule has 0 bridgehead atoms. The van der Waals surface area contributed by atoms with Crippen molar-refractivity contribution in [2.45, 2.75) is 26.2 Å². The van der Waals surface area contributed by atoms with Gasteiger partial charge < -0.3 is 14.7 Å². The molecular weight excluding hydrogens is 318 g/mol. The third-order valence-electron chi connectivity index (χ3n) is 3.80. The molecule has 0 saturated carbocycles. The van der Waals surface area contributed by atoms with Crippen molar-refractivity contribution in [3.63, 3.8) is 0 Å². The number of anilines is 1. The molecule has 0 spiro atoms. The highest BCUT2D eigenvalue weighted by molar-refractivity contribution is 5.95. The van der Waals surface area contributed by atoms with E-state index in [9.17, 15) is 9.59 Å². The highest BCUT2D eigenvalue weighted by atomic mass is 16.5. The second-order valence-electron chi connectivity index (χ2n) is 5.75. The fourth-order valence-corrected chi connectivity index (χ4v) is 2.63. The van der Waals surface area contributed by atoms with Gasteiger partial charge in [0.1, 0.15) is 12.3 Å². The number of benzene rings is 1. The maximum atomic E-state index is 12.9. The average Bonchev–Trinajstić information content (AvgIpc) is 3.00. The lowest BCUT2D eigenvalue weighted by molar-refractivity contribution is -0.135. The van der Waals surface area contributed by atoms with Crippen LogP contribution in [-0.2, 0) is 9.59 Å². The number of nitrogens with one attached hydrogen (secondary N) is 1. The summed E-state index contributed by atoms with van der Waals surface area (Å²) >= 11 is 0. The standard InChI is InChI=1S/C19H23N3O3/c1-4-11-22(13-18(23)20-17-12-14(3)25-21-17)19(24)16(5-2)15-9-7-6-8-10-15/h4,6-10,12,16H,1,5,11,13H2,2-3H3,(H,20,21,23). The van der Waals surface area contributed by atoms with Crippen molar-refractivity contribution in [1.82, 2.24) is 10.1 Å². The number of hydrogen-bond acceptors (Lipinski definition) is 4. The van der Waals surface area contributed by atoms with Crippen LogP contribution in [0, 0.1) is 6.92 Å². The molecule has 1 N–H and O–H groups in total. The van der Waals surface area contributed by atoms with Crippen molar-refractivity contribution in [3.05, 3.63) is 60.4 Å². The lowest BCUT2D eigenvalue weighted by Gasteiger charge is -2.25. The third kappa shape index (κ3) is 5.04. The summed E-state index contributed by atoms with van der Waals surface area (Å²) in [6, 6.07) is 11.2. The fourth-order valence-electron chi connectivity index (χ4n) is 2.63. The van der Waals surface area contributed by atoms with Gasteiger partial charge in [0.2, 0.25) is 11.8 Å². The van der Waals surface area contributed by atoms with Crippen LogP contribution in [0.3, 0.4) is 0 Å². The van der Waals surface area contributed by atoms with Crippen LogP contribution in [-0.4, -0.2) is 35.0 Å². The number of carbonyl (C=O) groups is 2. The molecule has 0 aliphatic heterocycles. The SMILES string of the molecule is C=CCN(CC(=O)Nc1cc(C)on1)C(=O)C(CC)c1ccccc1. The summed E-state index contributed by atoms with van der Waals surface area (Å²) in [5, 5.41) is 6.35. The Kier molecular flexibility index (Phi) is 6.51. The minimum absolute atomic E-state index is 0.0694. The van der Waals surface area contributed by atoms with Crippen LogP contribution in [0.4, 0.5) is 5.82 Å². The van der Waals surface area contributed by atoms with Crippen LogP contribution in [0.1, 0.15) is 30.6 Å². The number of rotatable bonds is 8. The molecule has 2 amide bonds. The number of aryl methyl sites for hydroxylation is 1. The smallest absolute Gasteiger partial charge is 0.245 e. The van der Waals surface area contributed by atoms with E-state index in [1.807, 2.05) is 37.3 Å². The van der Waals surface area contributed by atoms with Gasteiger partial charge in [0.25, 0.3) is 0 Å². The predicted molar refractivity (Wildman–Crippen MR) is 96.1 cm³/mol. The van der Waals surface area contributed by atoms with E-state index in [1.165, 1.54) is 4.90 Å². The van der Waals surface area contributed by atoms with Crippen LogP contribution in [0.2, 0.25) is 0 Å². The van der Waals surface area contributed by atoms with Crippen molar-refractivity contribution < 1.29 is 14.1 Å². The Morgan fingerprint density at radius 3 is 2.64 bits per heavy atom. The topological polar surface area (TPSA) is 75.4 Å². The normalized spacial score (nSPS) is 11.6. The van der Waals surface area contributed by atoms with E-state index in [0.29, 0.717) is 24.5 Å². The quantitative estimate of drug-likeness (QED) is 0.749. The van der Waals surface area contributed by atoms with Gasteiger partial charge in [0.15, 0.2) is 5.82 Å². The Morgan fingerprint density at radius 2 is 2.08 bits per heavy atom. The highest BCUT2D eigenvalue weighted by Crippen LogP contribution is 2.22. The van der Waals surface area contributed by atoms with Crippen LogP contribution >= 0.6 is 0 Å². The fraction of sp³-hybridized carbons (Fsp3) is 0.316. The Hall–Kier alpha value is -2.89. The van der Waals surface area contributed by atoms with Crippen molar-refractivity contribution in [3.8, 4) is 0 Å². The Bertz CT molecular complexity index is 725. The van der Waals surface area contributed by atoms with Crippen LogP contribution in [0.15, 0.2) is 53.6 Å². The lowest BCUT2D eigenvalue weighted by Crippen LogP contribution is -2.40. The van der Waals surface area contributed by atoms with Crippen molar-refractivity contribution in [2.75, 3.05) is 18.4 Å². The molecule has 1 unspecified atom stereocenters. The van der Waals surface area contributed by atoms with Crippen LogP contribution in [0.25, 0.3) is 0 Å². The zero-order chi connectivity index (χ0) is 18.2. The number of aromatic nitrogens is 1. The molecule has 6 heteroatoms. The van der Waals surface area contributed by atoms with Gasteiger partial charge in [0, 0.05) is 12.6 Å². The minimum Gasteiger partial charge on any atom is -0.360 e. The lowest BCUT2D eigenvalue weighted by atomic mass is 9.95. The van der Waals surface area contributed by atoms with Crippen molar-refractivity contribution in [1.29, 1.82) is 0 Å². The van der Waals surface area contributed by atoms with Gasteiger partial charge in [0.05, 0.1) is 5.92 Å². The van der Waals surface area contributed by atoms with E-state index in [1.54, 1.807) is 19.1 Å². The van der Waals surface area contributed by atoms with Gasteiger partial charge >= 0.3 is 0 Å². The summed E-state index contributed by atoms with van der Waals surface area (Å²) in [4.78, 5) is 26.7. The highest BCUT2D eigenvalue weighted by Gasteiger charge is 2.25. The summed E-state index contributed by atoms with van der Waals surface area (Å²) in [6.07, 6.45) is 2.27. The maximum Gasteiger partial charge on any atom is 0.245 e. The monoisotopic (exact) mass is 341 g/mol. The van der Waals surface area contributed by atoms with E-state index < -0.39 is 0 Å². The van der Waals surface area contributed by atoms with E-state index in [2.05, 4.69) is 17.1 Å². The molecule has 132 valence electrons. The van der Waals surface area contributed by atoms with Crippen molar-refractivity contribution in [2.24, 2.45) is 0 Å². The van der Waals surface area contributed by atoms with Crippen LogP contribution < -0.4 is 5.32 Å². The zero-order valence-corrected chi connectivity index (χ0v) is 14.6. The van der Waals surface area contributed by atoms with E-state index >= 15 is 0 Å². The molecule has 1 atom stereocenters. The first kappa shape index (κ1) is 18.4. The second kappa shape index (κ2) is 8.82. The van der Waals surface area contributed by atoms with Gasteiger partial charge in [-0.05, 0) is 18.9 Å². The Morgan fingerprint density at radius 1 is 1.36 bits per heavy atom. The largest absolute Gasteiger partial charge is 0.360 e. The number of amides is 2. The molecule has 25 heavy (non-hydrogen) atoms. The maximum absolute atomic E-state index is 12.9. The predicted octanol–water partition coefficient (Wildman–Crippen LogP) is 3.13. The second-order valence-corrected chi connectivity index (χ2v) is 5.75.